The first-order valence-electron chi connectivity index (χ1n) is 2.56. The van der Waals surface area contributed by atoms with Crippen LogP contribution >= 0.6 is 31.9 Å². The van der Waals surface area contributed by atoms with Crippen molar-refractivity contribution >= 4 is 37.7 Å². The zero-order valence-electron chi connectivity index (χ0n) is 5.23. The molecule has 3 nitrogen and oxygen atoms in total. The van der Waals surface area contributed by atoms with Gasteiger partial charge in [0, 0.05) is 0 Å². The molecule has 0 unspecified atom stereocenters. The summed E-state index contributed by atoms with van der Waals surface area (Å²) in [6.45, 7) is 1.81. The third-order valence-corrected chi connectivity index (χ3v) is 2.66. The monoisotopic (exact) mass is 265 g/mol. The van der Waals surface area contributed by atoms with Crippen LogP contribution in [-0.4, -0.2) is 9.97 Å². The lowest BCUT2D eigenvalue weighted by Crippen LogP contribution is -1.97. The molecule has 0 aliphatic rings. The summed E-state index contributed by atoms with van der Waals surface area (Å²) < 4.78 is 1.31. The molecule has 5 heteroatoms. The van der Waals surface area contributed by atoms with Crippen molar-refractivity contribution in [1.82, 2.24) is 9.97 Å². The fraction of sp³-hybridized carbons (Fsp3) is 0.200. The lowest BCUT2D eigenvalue weighted by Gasteiger charge is -1.99. The van der Waals surface area contributed by atoms with Gasteiger partial charge in [-0.1, -0.05) is 0 Å². The van der Waals surface area contributed by atoms with Crippen molar-refractivity contribution in [2.45, 2.75) is 6.92 Å². The van der Waals surface area contributed by atoms with E-state index in [4.69, 9.17) is 5.73 Å². The van der Waals surface area contributed by atoms with Gasteiger partial charge in [-0.15, -0.1) is 0 Å². The Balaban J connectivity index is 3.28. The first-order valence-corrected chi connectivity index (χ1v) is 4.15. The van der Waals surface area contributed by atoms with Crippen molar-refractivity contribution in [2.75, 3.05) is 5.73 Å². The van der Waals surface area contributed by atoms with Gasteiger partial charge in [-0.25, -0.2) is 9.97 Å². The molecule has 1 aromatic rings. The quantitative estimate of drug-likeness (QED) is 0.780. The Hall–Kier alpha value is -0.160. The first-order chi connectivity index (χ1) is 4.61. The molecule has 0 amide bonds. The van der Waals surface area contributed by atoms with E-state index in [1.807, 2.05) is 0 Å². The van der Waals surface area contributed by atoms with E-state index in [2.05, 4.69) is 41.8 Å². The minimum atomic E-state index is 0.454. The second-order valence-electron chi connectivity index (χ2n) is 1.78. The molecule has 2 N–H and O–H groups in total. The molecule has 10 heavy (non-hydrogen) atoms. The molecular weight excluding hydrogens is 262 g/mol. The Morgan fingerprint density at radius 2 is 1.70 bits per heavy atom. The third kappa shape index (κ3) is 1.46. The van der Waals surface area contributed by atoms with Crippen molar-refractivity contribution in [3.8, 4) is 0 Å². The molecule has 0 atom stereocenters. The summed E-state index contributed by atoms with van der Waals surface area (Å²) in [4.78, 5) is 8.01. The summed E-state index contributed by atoms with van der Waals surface area (Å²) in [6.07, 6.45) is 0. The largest absolute Gasteiger partial charge is 0.382 e. The molecule has 0 aromatic carbocycles. The number of nitrogens with zero attached hydrogens (tertiary/aromatic N) is 2. The van der Waals surface area contributed by atoms with E-state index in [1.54, 1.807) is 6.92 Å². The maximum atomic E-state index is 5.47. The lowest BCUT2D eigenvalue weighted by molar-refractivity contribution is 1.07. The molecule has 0 saturated heterocycles. The second kappa shape index (κ2) is 2.84. The van der Waals surface area contributed by atoms with Crippen molar-refractivity contribution in [2.24, 2.45) is 0 Å². The van der Waals surface area contributed by atoms with Crippen LogP contribution in [0.25, 0.3) is 0 Å². The number of hydrogen-bond acceptors (Lipinski definition) is 3. The van der Waals surface area contributed by atoms with Crippen molar-refractivity contribution < 1.29 is 0 Å². The van der Waals surface area contributed by atoms with E-state index in [0.29, 0.717) is 15.0 Å². The SMILES string of the molecule is Cc1nc(Br)c(Br)nc1N. The van der Waals surface area contributed by atoms with Gasteiger partial charge in [-0.3, -0.25) is 0 Å². The van der Waals surface area contributed by atoms with Crippen LogP contribution in [0.5, 0.6) is 0 Å². The highest BCUT2D eigenvalue weighted by molar-refractivity contribution is 9.13. The van der Waals surface area contributed by atoms with Crippen molar-refractivity contribution in [3.63, 3.8) is 0 Å². The van der Waals surface area contributed by atoms with Gasteiger partial charge < -0.3 is 5.73 Å². The number of anilines is 1. The number of aromatic nitrogens is 2. The van der Waals surface area contributed by atoms with Crippen LogP contribution in [0, 0.1) is 6.92 Å². The predicted octanol–water partition coefficient (Wildman–Crippen LogP) is 1.89. The van der Waals surface area contributed by atoms with Crippen LogP contribution < -0.4 is 5.73 Å². The number of hydrogen-bond donors (Lipinski definition) is 1. The summed E-state index contributed by atoms with van der Waals surface area (Å²) in [5.41, 5.74) is 6.20. The normalized spacial score (nSPS) is 9.90. The second-order valence-corrected chi connectivity index (χ2v) is 3.28. The van der Waals surface area contributed by atoms with Gasteiger partial charge in [0.1, 0.15) is 15.0 Å². The molecule has 54 valence electrons. The molecule has 0 fully saturated rings. The minimum absolute atomic E-state index is 0.454. The van der Waals surface area contributed by atoms with Gasteiger partial charge in [0.15, 0.2) is 0 Å². The maximum absolute atomic E-state index is 5.47. The van der Waals surface area contributed by atoms with Gasteiger partial charge in [0.25, 0.3) is 0 Å². The zero-order valence-corrected chi connectivity index (χ0v) is 8.40. The molecule has 0 spiro atoms. The van der Waals surface area contributed by atoms with Crippen LogP contribution in [0.2, 0.25) is 0 Å². The highest BCUT2D eigenvalue weighted by atomic mass is 79.9. The fourth-order valence-corrected chi connectivity index (χ4v) is 1.12. The van der Waals surface area contributed by atoms with Gasteiger partial charge in [0.2, 0.25) is 0 Å². The molecule has 0 aliphatic heterocycles. The Bertz CT molecular complexity index is 211. The molecule has 0 aliphatic carbocycles. The smallest absolute Gasteiger partial charge is 0.146 e. The third-order valence-electron chi connectivity index (χ3n) is 1.03. The van der Waals surface area contributed by atoms with Gasteiger partial charge in [-0.05, 0) is 38.8 Å². The summed E-state index contributed by atoms with van der Waals surface area (Å²) in [5.74, 6) is 0.454. The summed E-state index contributed by atoms with van der Waals surface area (Å²) >= 11 is 6.38. The molecule has 0 bridgehead atoms. The fourth-order valence-electron chi connectivity index (χ4n) is 0.483. The maximum Gasteiger partial charge on any atom is 0.146 e. The Morgan fingerprint density at radius 1 is 1.20 bits per heavy atom. The topological polar surface area (TPSA) is 51.8 Å². The molecule has 1 aromatic heterocycles. The average Bonchev–Trinajstić information content (AvgIpc) is 1.84. The average molecular weight is 267 g/mol. The molecule has 1 heterocycles. The molecule has 0 saturated carbocycles. The lowest BCUT2D eigenvalue weighted by atomic mass is 10.5. The Morgan fingerprint density at radius 3 is 2.20 bits per heavy atom. The number of nitrogens with two attached hydrogens (primary N) is 1. The highest BCUT2D eigenvalue weighted by Crippen LogP contribution is 2.20. The van der Waals surface area contributed by atoms with Gasteiger partial charge in [0.05, 0.1) is 5.69 Å². The Kier molecular flexibility index (Phi) is 2.25. The highest BCUT2D eigenvalue weighted by Gasteiger charge is 2.02. The number of aryl methyl sites for hydroxylation is 1. The predicted molar refractivity (Wildman–Crippen MR) is 46.6 cm³/mol. The molecule has 1 rings (SSSR count). The van der Waals surface area contributed by atoms with E-state index in [9.17, 15) is 0 Å². The van der Waals surface area contributed by atoms with E-state index < -0.39 is 0 Å². The van der Waals surface area contributed by atoms with Crippen molar-refractivity contribution in [3.05, 3.63) is 14.9 Å². The standard InChI is InChI=1S/C5H5Br2N3/c1-2-5(8)10-4(7)3(6)9-2/h1H3,(H2,8,10). The van der Waals surface area contributed by atoms with E-state index in [1.165, 1.54) is 0 Å². The Labute approximate surface area is 75.3 Å². The summed E-state index contributed by atoms with van der Waals surface area (Å²) in [5, 5.41) is 0. The molecular formula is C5H5Br2N3. The number of rotatable bonds is 0. The summed E-state index contributed by atoms with van der Waals surface area (Å²) in [6, 6.07) is 0. The molecule has 0 radical (unpaired) electrons. The minimum Gasteiger partial charge on any atom is -0.382 e. The van der Waals surface area contributed by atoms with Crippen LogP contribution in [0.15, 0.2) is 9.21 Å². The zero-order chi connectivity index (χ0) is 7.72. The van der Waals surface area contributed by atoms with E-state index in [0.717, 1.165) is 5.69 Å². The van der Waals surface area contributed by atoms with E-state index >= 15 is 0 Å². The number of nitrogen functional groups attached to an aromatic ring is 1. The van der Waals surface area contributed by atoms with Crippen LogP contribution in [0.4, 0.5) is 5.82 Å². The van der Waals surface area contributed by atoms with Crippen LogP contribution in [-0.2, 0) is 0 Å². The van der Waals surface area contributed by atoms with Crippen LogP contribution in [0.1, 0.15) is 5.69 Å². The van der Waals surface area contributed by atoms with Crippen LogP contribution in [0.3, 0.4) is 0 Å². The van der Waals surface area contributed by atoms with Gasteiger partial charge >= 0.3 is 0 Å². The van der Waals surface area contributed by atoms with E-state index in [-0.39, 0.29) is 0 Å². The summed E-state index contributed by atoms with van der Waals surface area (Å²) in [7, 11) is 0. The van der Waals surface area contributed by atoms with Gasteiger partial charge in [-0.2, -0.15) is 0 Å². The first kappa shape index (κ1) is 7.94. The van der Waals surface area contributed by atoms with Crippen molar-refractivity contribution in [1.29, 1.82) is 0 Å². The number of halogens is 2.